The van der Waals surface area contributed by atoms with Gasteiger partial charge in [-0.2, -0.15) is 0 Å². The van der Waals surface area contributed by atoms with Crippen molar-refractivity contribution in [2.24, 2.45) is 0 Å². The van der Waals surface area contributed by atoms with Crippen molar-refractivity contribution in [2.45, 2.75) is 25.4 Å². The van der Waals surface area contributed by atoms with Gasteiger partial charge in [0.2, 0.25) is 0 Å². The molecule has 0 aliphatic rings. The van der Waals surface area contributed by atoms with Crippen LogP contribution in [0.25, 0.3) is 16.6 Å². The Bertz CT molecular complexity index is 1200. The summed E-state index contributed by atoms with van der Waals surface area (Å²) in [5, 5.41) is 1.34. The summed E-state index contributed by atoms with van der Waals surface area (Å²) in [5.74, 6) is 1.68. The molecular formula is C25H24N2O2S. The van der Waals surface area contributed by atoms with Crippen molar-refractivity contribution in [3.63, 3.8) is 0 Å². The highest BCUT2D eigenvalue weighted by atomic mass is 32.2. The van der Waals surface area contributed by atoms with Crippen LogP contribution in [0.2, 0.25) is 0 Å². The molecule has 5 heteroatoms. The van der Waals surface area contributed by atoms with E-state index in [9.17, 15) is 4.79 Å². The first kappa shape index (κ1) is 20.2. The average Bonchev–Trinajstić information content (AvgIpc) is 2.74. The first-order chi connectivity index (χ1) is 14.6. The Kier molecular flexibility index (Phi) is 6.19. The molecule has 0 saturated heterocycles. The fourth-order valence-electron chi connectivity index (χ4n) is 3.45. The molecule has 1 heterocycles. The van der Waals surface area contributed by atoms with Crippen LogP contribution in [0, 0.1) is 13.8 Å². The summed E-state index contributed by atoms with van der Waals surface area (Å²) in [6, 6.07) is 23.5. The van der Waals surface area contributed by atoms with E-state index in [1.165, 1.54) is 0 Å². The lowest BCUT2D eigenvalue weighted by atomic mass is 10.1. The average molecular weight is 417 g/mol. The van der Waals surface area contributed by atoms with Crippen molar-refractivity contribution in [2.75, 3.05) is 12.4 Å². The second-order valence-electron chi connectivity index (χ2n) is 7.26. The third-order valence-electron chi connectivity index (χ3n) is 4.74. The van der Waals surface area contributed by atoms with Crippen molar-refractivity contribution >= 4 is 22.7 Å². The minimum Gasteiger partial charge on any atom is -0.494 e. The Morgan fingerprint density at radius 2 is 1.63 bits per heavy atom. The molecular weight excluding hydrogens is 392 g/mol. The third-order valence-corrected chi connectivity index (χ3v) is 5.77. The quantitative estimate of drug-likeness (QED) is 0.225. The number of nitrogens with zero attached hydrogens (tertiary/aromatic N) is 2. The fraction of sp³-hybridized carbons (Fsp3) is 0.200. The Morgan fingerprint density at radius 3 is 2.40 bits per heavy atom. The van der Waals surface area contributed by atoms with Gasteiger partial charge >= 0.3 is 0 Å². The van der Waals surface area contributed by atoms with Gasteiger partial charge in [-0.15, -0.1) is 0 Å². The van der Waals surface area contributed by atoms with Gasteiger partial charge in [-0.25, -0.2) is 4.98 Å². The minimum absolute atomic E-state index is 0.0337. The molecule has 0 radical (unpaired) electrons. The van der Waals surface area contributed by atoms with E-state index < -0.39 is 0 Å². The lowest BCUT2D eigenvalue weighted by Gasteiger charge is -2.14. The van der Waals surface area contributed by atoms with Crippen molar-refractivity contribution in [3.8, 4) is 11.4 Å². The highest BCUT2D eigenvalue weighted by Crippen LogP contribution is 2.23. The van der Waals surface area contributed by atoms with Crippen molar-refractivity contribution in [1.82, 2.24) is 9.55 Å². The Hall–Kier alpha value is -3.05. The number of thioether (sulfide) groups is 1. The molecule has 0 unspecified atom stereocenters. The van der Waals surface area contributed by atoms with Crippen LogP contribution in [0.15, 0.2) is 82.7 Å². The van der Waals surface area contributed by atoms with Crippen molar-refractivity contribution in [3.05, 3.63) is 94.3 Å². The van der Waals surface area contributed by atoms with Crippen LogP contribution in [0.4, 0.5) is 0 Å². The number of para-hydroxylation sites is 2. The zero-order valence-corrected chi connectivity index (χ0v) is 18.0. The third kappa shape index (κ3) is 4.57. The fourth-order valence-corrected chi connectivity index (χ4v) is 4.37. The number of hydrogen-bond acceptors (Lipinski definition) is 4. The van der Waals surface area contributed by atoms with Gasteiger partial charge in [0.15, 0.2) is 5.16 Å². The molecule has 4 rings (SSSR count). The summed E-state index contributed by atoms with van der Waals surface area (Å²) < 4.78 is 7.52. The van der Waals surface area contributed by atoms with Gasteiger partial charge in [0.1, 0.15) is 5.75 Å². The van der Waals surface area contributed by atoms with Crippen molar-refractivity contribution < 1.29 is 4.74 Å². The first-order valence-electron chi connectivity index (χ1n) is 10.0. The lowest BCUT2D eigenvalue weighted by Crippen LogP contribution is -2.22. The van der Waals surface area contributed by atoms with Gasteiger partial charge in [-0.05, 0) is 67.8 Å². The Balaban J connectivity index is 1.60. The zero-order valence-electron chi connectivity index (χ0n) is 17.2. The second-order valence-corrected chi connectivity index (χ2v) is 8.32. The second kappa shape index (κ2) is 9.18. The van der Waals surface area contributed by atoms with Gasteiger partial charge in [0.05, 0.1) is 23.2 Å². The molecule has 4 nitrogen and oxygen atoms in total. The molecule has 0 saturated carbocycles. The molecule has 0 atom stereocenters. The van der Waals surface area contributed by atoms with Gasteiger partial charge in [0.25, 0.3) is 5.56 Å². The standard InChI is InChI=1S/C25H24N2O2S/c1-18-15-19(2)17-20(16-18)27-24(28)22-11-6-7-12-23(22)26-25(27)30-14-8-13-29-21-9-4-3-5-10-21/h3-7,9-12,15-17H,8,13-14H2,1-2H3. The molecule has 0 fully saturated rings. The summed E-state index contributed by atoms with van der Waals surface area (Å²) in [4.78, 5) is 18.1. The molecule has 4 aromatic rings. The predicted molar refractivity (Wildman–Crippen MR) is 124 cm³/mol. The molecule has 1 aromatic heterocycles. The first-order valence-corrected chi connectivity index (χ1v) is 11.0. The van der Waals surface area contributed by atoms with Crippen LogP contribution in [0.3, 0.4) is 0 Å². The molecule has 0 amide bonds. The molecule has 152 valence electrons. The maximum absolute atomic E-state index is 13.3. The monoisotopic (exact) mass is 416 g/mol. The number of fused-ring (bicyclic) bond motifs is 1. The van der Waals surface area contributed by atoms with E-state index in [1.54, 1.807) is 16.3 Å². The molecule has 0 bridgehead atoms. The van der Waals surface area contributed by atoms with Gasteiger partial charge < -0.3 is 4.74 Å². The highest BCUT2D eigenvalue weighted by molar-refractivity contribution is 7.99. The van der Waals surface area contributed by atoms with E-state index in [-0.39, 0.29) is 5.56 Å². The van der Waals surface area contributed by atoms with E-state index in [0.29, 0.717) is 17.1 Å². The molecule has 0 spiro atoms. The summed E-state index contributed by atoms with van der Waals surface area (Å²) in [6.07, 6.45) is 0.856. The number of benzene rings is 3. The van der Waals surface area contributed by atoms with Gasteiger partial charge in [-0.3, -0.25) is 9.36 Å². The number of ether oxygens (including phenoxy) is 1. The lowest BCUT2D eigenvalue weighted by molar-refractivity contribution is 0.318. The Labute approximate surface area is 180 Å². The number of aryl methyl sites for hydroxylation is 2. The summed E-state index contributed by atoms with van der Waals surface area (Å²) in [7, 11) is 0. The van der Waals surface area contributed by atoms with Crippen LogP contribution in [-0.2, 0) is 0 Å². The van der Waals surface area contributed by atoms with Crippen molar-refractivity contribution in [1.29, 1.82) is 0 Å². The minimum atomic E-state index is -0.0337. The van der Waals surface area contributed by atoms with E-state index in [1.807, 2.05) is 80.6 Å². The molecule has 0 aliphatic carbocycles. The van der Waals surface area contributed by atoms with E-state index in [2.05, 4.69) is 6.07 Å². The van der Waals surface area contributed by atoms with Crippen LogP contribution >= 0.6 is 11.8 Å². The summed E-state index contributed by atoms with van der Waals surface area (Å²) in [5.41, 5.74) is 3.80. The van der Waals surface area contributed by atoms with Crippen LogP contribution in [0.5, 0.6) is 5.75 Å². The molecule has 0 aliphatic heterocycles. The van der Waals surface area contributed by atoms with Crippen LogP contribution in [-0.4, -0.2) is 21.9 Å². The summed E-state index contributed by atoms with van der Waals surface area (Å²) in [6.45, 7) is 4.71. The van der Waals surface area contributed by atoms with E-state index in [0.717, 1.165) is 40.3 Å². The largest absolute Gasteiger partial charge is 0.494 e. The maximum atomic E-state index is 13.3. The normalized spacial score (nSPS) is 11.0. The molecule has 30 heavy (non-hydrogen) atoms. The van der Waals surface area contributed by atoms with Gasteiger partial charge in [-0.1, -0.05) is 48.2 Å². The van der Waals surface area contributed by atoms with E-state index >= 15 is 0 Å². The number of hydrogen-bond donors (Lipinski definition) is 0. The predicted octanol–water partition coefficient (Wildman–Crippen LogP) is 5.56. The zero-order chi connectivity index (χ0) is 20.9. The topological polar surface area (TPSA) is 44.1 Å². The molecule has 0 N–H and O–H groups in total. The van der Waals surface area contributed by atoms with Crippen LogP contribution < -0.4 is 10.3 Å². The van der Waals surface area contributed by atoms with Crippen LogP contribution in [0.1, 0.15) is 17.5 Å². The maximum Gasteiger partial charge on any atom is 0.266 e. The number of aromatic nitrogens is 2. The smallest absolute Gasteiger partial charge is 0.266 e. The highest BCUT2D eigenvalue weighted by Gasteiger charge is 2.13. The Morgan fingerprint density at radius 1 is 0.933 bits per heavy atom. The SMILES string of the molecule is Cc1cc(C)cc(-n2c(SCCCOc3ccccc3)nc3ccccc3c2=O)c1. The number of rotatable bonds is 7. The van der Waals surface area contributed by atoms with Gasteiger partial charge in [0, 0.05) is 5.75 Å². The van der Waals surface area contributed by atoms with E-state index in [4.69, 9.17) is 9.72 Å². The summed E-state index contributed by atoms with van der Waals surface area (Å²) >= 11 is 1.59. The molecule has 3 aromatic carbocycles.